The fourth-order valence-electron chi connectivity index (χ4n) is 3.75. The Labute approximate surface area is 192 Å². The molecule has 0 N–H and O–H groups in total. The topological polar surface area (TPSA) is 52.4 Å². The Bertz CT molecular complexity index is 906. The van der Waals surface area contributed by atoms with Crippen molar-refractivity contribution in [1.82, 2.24) is 0 Å². The third-order valence-electron chi connectivity index (χ3n) is 5.60. The minimum absolute atomic E-state index is 0.0920. The Morgan fingerprint density at radius 3 is 2.19 bits per heavy atom. The summed E-state index contributed by atoms with van der Waals surface area (Å²) in [5, 5.41) is 0. The number of rotatable bonds is 9. The van der Waals surface area contributed by atoms with E-state index in [1.54, 1.807) is 0 Å². The van der Waals surface area contributed by atoms with E-state index in [4.69, 9.17) is 24.2 Å². The molecule has 0 bridgehead atoms. The molecule has 2 atom stereocenters. The SMILES string of the molecule is CCOC1=N[C@](C)(CCc2ccc(OCc3ccccc3)cc2)C(OCC)=NC1C(C)C. The molecule has 5 nitrogen and oxygen atoms in total. The average Bonchev–Trinajstić information content (AvgIpc) is 2.79. The van der Waals surface area contributed by atoms with Crippen LogP contribution in [0.5, 0.6) is 5.75 Å². The zero-order chi connectivity index (χ0) is 23.0. The van der Waals surface area contributed by atoms with Crippen molar-refractivity contribution in [3.05, 3.63) is 65.7 Å². The van der Waals surface area contributed by atoms with Crippen LogP contribution in [0.1, 0.15) is 52.2 Å². The average molecular weight is 437 g/mol. The molecule has 0 radical (unpaired) electrons. The zero-order valence-corrected chi connectivity index (χ0v) is 20.0. The lowest BCUT2D eigenvalue weighted by molar-refractivity contribution is 0.256. The highest BCUT2D eigenvalue weighted by atomic mass is 16.5. The molecule has 0 fully saturated rings. The molecule has 0 spiro atoms. The molecule has 3 rings (SSSR count). The van der Waals surface area contributed by atoms with Crippen LogP contribution < -0.4 is 4.74 Å². The Hall–Kier alpha value is -2.82. The molecule has 0 saturated heterocycles. The summed E-state index contributed by atoms with van der Waals surface area (Å²) in [7, 11) is 0. The van der Waals surface area contributed by atoms with Gasteiger partial charge in [0.2, 0.25) is 11.8 Å². The van der Waals surface area contributed by atoms with E-state index < -0.39 is 5.54 Å². The maximum atomic E-state index is 5.95. The fraction of sp³-hybridized carbons (Fsp3) is 0.481. The molecule has 32 heavy (non-hydrogen) atoms. The van der Waals surface area contributed by atoms with Gasteiger partial charge in [-0.2, -0.15) is 0 Å². The normalized spacial score (nSPS) is 20.5. The smallest absolute Gasteiger partial charge is 0.212 e. The van der Waals surface area contributed by atoms with Crippen LogP contribution in [0, 0.1) is 5.92 Å². The third-order valence-corrected chi connectivity index (χ3v) is 5.60. The Balaban J connectivity index is 1.67. The lowest BCUT2D eigenvalue weighted by atomic mass is 9.90. The molecule has 0 saturated carbocycles. The van der Waals surface area contributed by atoms with Crippen molar-refractivity contribution in [2.45, 2.75) is 65.6 Å². The molecule has 1 aliphatic rings. The van der Waals surface area contributed by atoms with Crippen molar-refractivity contribution < 1.29 is 14.2 Å². The van der Waals surface area contributed by atoms with Gasteiger partial charge in [0.1, 0.15) is 23.9 Å². The van der Waals surface area contributed by atoms with E-state index in [0.29, 0.717) is 31.6 Å². The standard InChI is InChI=1S/C27H36N2O3/c1-6-30-25-24(20(3)4)28-26(31-7-2)27(5,29-25)18-17-21-13-15-23(16-14-21)32-19-22-11-9-8-10-12-22/h8-16,20,24H,6-7,17-19H2,1-5H3/t24?,27-/m1/s1. The van der Waals surface area contributed by atoms with Crippen LogP contribution in [0.25, 0.3) is 0 Å². The van der Waals surface area contributed by atoms with Crippen molar-refractivity contribution in [2.75, 3.05) is 13.2 Å². The highest BCUT2D eigenvalue weighted by Gasteiger charge is 2.39. The maximum Gasteiger partial charge on any atom is 0.212 e. The summed E-state index contributed by atoms with van der Waals surface area (Å²) in [6.45, 7) is 12.1. The largest absolute Gasteiger partial charge is 0.489 e. The van der Waals surface area contributed by atoms with E-state index in [1.807, 2.05) is 44.2 Å². The first-order chi connectivity index (χ1) is 15.4. The van der Waals surface area contributed by atoms with Crippen LogP contribution in [0.3, 0.4) is 0 Å². The van der Waals surface area contributed by atoms with Crippen molar-refractivity contribution in [3.8, 4) is 5.75 Å². The summed E-state index contributed by atoms with van der Waals surface area (Å²) >= 11 is 0. The van der Waals surface area contributed by atoms with Gasteiger partial charge < -0.3 is 14.2 Å². The Morgan fingerprint density at radius 1 is 0.875 bits per heavy atom. The van der Waals surface area contributed by atoms with Gasteiger partial charge in [-0.3, -0.25) is 0 Å². The highest BCUT2D eigenvalue weighted by molar-refractivity contribution is 5.96. The monoisotopic (exact) mass is 436 g/mol. The number of ether oxygens (including phenoxy) is 3. The maximum absolute atomic E-state index is 5.95. The van der Waals surface area contributed by atoms with Gasteiger partial charge in [0.05, 0.1) is 13.2 Å². The predicted molar refractivity (Wildman–Crippen MR) is 131 cm³/mol. The molecular weight excluding hydrogens is 400 g/mol. The van der Waals surface area contributed by atoms with Gasteiger partial charge >= 0.3 is 0 Å². The van der Waals surface area contributed by atoms with Gasteiger partial charge in [0, 0.05) is 0 Å². The number of benzene rings is 2. The summed E-state index contributed by atoms with van der Waals surface area (Å²) in [6, 6.07) is 18.4. The minimum Gasteiger partial charge on any atom is -0.489 e. The summed E-state index contributed by atoms with van der Waals surface area (Å²) < 4.78 is 17.7. The second-order valence-corrected chi connectivity index (χ2v) is 8.63. The van der Waals surface area contributed by atoms with Gasteiger partial charge in [0.15, 0.2) is 0 Å². The first-order valence-electron chi connectivity index (χ1n) is 11.6. The quantitative estimate of drug-likeness (QED) is 0.494. The second kappa shape index (κ2) is 11.2. The molecule has 1 unspecified atom stereocenters. The molecule has 0 amide bonds. The summed E-state index contributed by atoms with van der Waals surface area (Å²) in [4.78, 5) is 9.94. The molecule has 0 aromatic heterocycles. The summed E-state index contributed by atoms with van der Waals surface area (Å²) in [5.74, 6) is 2.60. The lowest BCUT2D eigenvalue weighted by Gasteiger charge is -2.34. The van der Waals surface area contributed by atoms with Crippen molar-refractivity contribution in [1.29, 1.82) is 0 Å². The lowest BCUT2D eigenvalue weighted by Crippen LogP contribution is -2.45. The van der Waals surface area contributed by atoms with Crippen LogP contribution in [-0.2, 0) is 22.5 Å². The van der Waals surface area contributed by atoms with Gasteiger partial charge in [0.25, 0.3) is 0 Å². The molecule has 2 aromatic carbocycles. The fourth-order valence-corrected chi connectivity index (χ4v) is 3.75. The van der Waals surface area contributed by atoms with Crippen molar-refractivity contribution >= 4 is 11.8 Å². The van der Waals surface area contributed by atoms with Gasteiger partial charge in [-0.1, -0.05) is 56.3 Å². The van der Waals surface area contributed by atoms with Crippen molar-refractivity contribution in [3.63, 3.8) is 0 Å². The molecule has 172 valence electrons. The molecular formula is C27H36N2O3. The molecule has 1 aliphatic heterocycles. The predicted octanol–water partition coefficient (Wildman–Crippen LogP) is 5.87. The summed E-state index contributed by atoms with van der Waals surface area (Å²) in [5.41, 5.74) is 1.86. The molecule has 5 heteroatoms. The molecule has 1 heterocycles. The van der Waals surface area contributed by atoms with Crippen LogP contribution in [0.2, 0.25) is 0 Å². The van der Waals surface area contributed by atoms with E-state index in [2.05, 4.69) is 45.0 Å². The Kier molecular flexibility index (Phi) is 8.32. The van der Waals surface area contributed by atoms with Crippen LogP contribution >= 0.6 is 0 Å². The number of hydrogen-bond acceptors (Lipinski definition) is 5. The van der Waals surface area contributed by atoms with E-state index in [9.17, 15) is 0 Å². The molecule has 0 aliphatic carbocycles. The van der Waals surface area contributed by atoms with Crippen LogP contribution in [-0.4, -0.2) is 36.6 Å². The second-order valence-electron chi connectivity index (χ2n) is 8.63. The van der Waals surface area contributed by atoms with Gasteiger partial charge in [-0.15, -0.1) is 0 Å². The van der Waals surface area contributed by atoms with Gasteiger partial charge in [-0.25, -0.2) is 9.98 Å². The highest BCUT2D eigenvalue weighted by Crippen LogP contribution is 2.29. The Morgan fingerprint density at radius 2 is 1.56 bits per heavy atom. The number of aliphatic imine (C=N–C) groups is 2. The van der Waals surface area contributed by atoms with E-state index in [-0.39, 0.29) is 6.04 Å². The number of nitrogens with zero attached hydrogens (tertiary/aromatic N) is 2. The number of aryl methyl sites for hydroxylation is 1. The minimum atomic E-state index is -0.533. The number of hydrogen-bond donors (Lipinski definition) is 0. The molecule has 2 aromatic rings. The van der Waals surface area contributed by atoms with Gasteiger partial charge in [-0.05, 0) is 62.8 Å². The zero-order valence-electron chi connectivity index (χ0n) is 20.0. The first-order valence-corrected chi connectivity index (χ1v) is 11.6. The third kappa shape index (κ3) is 6.12. The van der Waals surface area contributed by atoms with Crippen LogP contribution in [0.15, 0.2) is 64.6 Å². The van der Waals surface area contributed by atoms with Crippen molar-refractivity contribution in [2.24, 2.45) is 15.9 Å². The van der Waals surface area contributed by atoms with E-state index >= 15 is 0 Å². The first kappa shape index (κ1) is 23.8. The summed E-state index contributed by atoms with van der Waals surface area (Å²) in [6.07, 6.45) is 1.65. The van der Waals surface area contributed by atoms with E-state index in [0.717, 1.165) is 30.1 Å². The van der Waals surface area contributed by atoms with E-state index in [1.165, 1.54) is 5.56 Å². The van der Waals surface area contributed by atoms with Crippen LogP contribution in [0.4, 0.5) is 0 Å².